The lowest BCUT2D eigenvalue weighted by Gasteiger charge is -2.32. The van der Waals surface area contributed by atoms with Gasteiger partial charge in [-0.1, -0.05) is 28.8 Å². The Bertz CT molecular complexity index is 233. The summed E-state index contributed by atoms with van der Waals surface area (Å²) in [7, 11) is -2.25. The number of hydrogen-bond acceptors (Lipinski definition) is 3. The van der Waals surface area contributed by atoms with E-state index in [4.69, 9.17) is 4.52 Å². The zero-order chi connectivity index (χ0) is 11.3. The first-order valence-electron chi connectivity index (χ1n) is 5.29. The van der Waals surface area contributed by atoms with Gasteiger partial charge in [0.1, 0.15) is 0 Å². The van der Waals surface area contributed by atoms with E-state index < -0.39 is 7.75 Å². The normalized spacial score (nSPS) is 22.1. The topological polar surface area (TPSA) is 52.6 Å². The van der Waals surface area contributed by atoms with Crippen molar-refractivity contribution in [2.24, 2.45) is 5.92 Å². The third kappa shape index (κ3) is 4.53. The van der Waals surface area contributed by atoms with E-state index in [-0.39, 0.29) is 0 Å². The first-order chi connectivity index (χ1) is 7.06. The van der Waals surface area contributed by atoms with Gasteiger partial charge in [-0.15, -0.1) is 0 Å². The Kier molecular flexibility index (Phi) is 5.79. The largest absolute Gasteiger partial charge is 0.766 e. The van der Waals surface area contributed by atoms with Gasteiger partial charge in [0.25, 0.3) is 0 Å². The van der Waals surface area contributed by atoms with Crippen molar-refractivity contribution < 1.29 is 14.0 Å². The van der Waals surface area contributed by atoms with Gasteiger partial charge in [0, 0.05) is 11.9 Å². The Morgan fingerprint density at radius 2 is 2.13 bits per heavy atom. The maximum Gasteiger partial charge on any atom is 0.206 e. The monoisotopic (exact) mass is 298 g/mol. The van der Waals surface area contributed by atoms with Crippen LogP contribution in [0.25, 0.3) is 0 Å². The van der Waals surface area contributed by atoms with E-state index in [1.54, 1.807) is 7.05 Å². The lowest BCUT2D eigenvalue weighted by atomic mass is 10.1. The number of alkyl halides is 1. The van der Waals surface area contributed by atoms with E-state index in [0.717, 1.165) is 12.8 Å². The van der Waals surface area contributed by atoms with Gasteiger partial charge in [0.2, 0.25) is 7.75 Å². The van der Waals surface area contributed by atoms with Crippen LogP contribution in [-0.2, 0) is 9.09 Å². The smallest absolute Gasteiger partial charge is 0.206 e. The number of rotatable bonds is 6. The first kappa shape index (κ1) is 13.7. The molecular formula is C9H18BrNO3P-. The van der Waals surface area contributed by atoms with Crippen LogP contribution in [0.3, 0.4) is 0 Å². The SMILES string of the molecule is CN(CCBr)P(=O)([O-])OCC1CCCC1. The summed E-state index contributed by atoms with van der Waals surface area (Å²) in [6.07, 6.45) is 4.60. The Morgan fingerprint density at radius 1 is 1.53 bits per heavy atom. The third-order valence-corrected chi connectivity index (χ3v) is 4.64. The molecule has 0 spiro atoms. The van der Waals surface area contributed by atoms with E-state index >= 15 is 0 Å². The summed E-state index contributed by atoms with van der Waals surface area (Å²) < 4.78 is 17.9. The van der Waals surface area contributed by atoms with Gasteiger partial charge in [-0.2, -0.15) is 0 Å². The van der Waals surface area contributed by atoms with Crippen molar-refractivity contribution in [3.63, 3.8) is 0 Å². The van der Waals surface area contributed by atoms with Gasteiger partial charge in [-0.05, 0) is 25.8 Å². The molecule has 90 valence electrons. The predicted octanol–water partition coefficient (Wildman–Crippen LogP) is 1.99. The summed E-state index contributed by atoms with van der Waals surface area (Å²) in [5, 5.41) is 0.627. The van der Waals surface area contributed by atoms with Crippen molar-refractivity contribution in [3.05, 3.63) is 0 Å². The molecule has 4 nitrogen and oxygen atoms in total. The standard InChI is InChI=1S/C9H19BrNO3P/c1-11(7-6-10)15(12,13)14-8-9-4-2-3-5-9/h9H,2-8H2,1H3,(H,12,13)/p-1. The molecule has 1 unspecified atom stereocenters. The average Bonchev–Trinajstić information content (AvgIpc) is 2.68. The molecule has 0 N–H and O–H groups in total. The van der Waals surface area contributed by atoms with E-state index in [0.29, 0.717) is 24.4 Å². The van der Waals surface area contributed by atoms with Gasteiger partial charge in [0.05, 0.1) is 6.61 Å². The summed E-state index contributed by atoms with van der Waals surface area (Å²) in [6, 6.07) is 0. The number of hydrogen-bond donors (Lipinski definition) is 0. The molecule has 1 saturated carbocycles. The molecule has 15 heavy (non-hydrogen) atoms. The maximum atomic E-state index is 11.6. The predicted molar refractivity (Wildman–Crippen MR) is 61.9 cm³/mol. The van der Waals surface area contributed by atoms with Crippen molar-refractivity contribution in [2.75, 3.05) is 25.5 Å². The fourth-order valence-electron chi connectivity index (χ4n) is 1.72. The maximum absolute atomic E-state index is 11.6. The van der Waals surface area contributed by atoms with Crippen molar-refractivity contribution in [1.82, 2.24) is 4.67 Å². The third-order valence-electron chi connectivity index (χ3n) is 2.77. The molecule has 1 aliphatic carbocycles. The van der Waals surface area contributed by atoms with Gasteiger partial charge >= 0.3 is 0 Å². The van der Waals surface area contributed by atoms with Crippen LogP contribution in [0.4, 0.5) is 0 Å². The molecule has 1 atom stereocenters. The molecule has 0 saturated heterocycles. The summed E-state index contributed by atoms with van der Waals surface area (Å²) in [6.45, 7) is 0.804. The van der Waals surface area contributed by atoms with Crippen LogP contribution in [0.2, 0.25) is 0 Å². The zero-order valence-electron chi connectivity index (χ0n) is 9.02. The Labute approximate surface area is 99.7 Å². The molecule has 1 aliphatic rings. The number of halogens is 1. The van der Waals surface area contributed by atoms with Crippen molar-refractivity contribution >= 4 is 23.7 Å². The average molecular weight is 299 g/mol. The number of nitrogens with zero attached hydrogens (tertiary/aromatic N) is 1. The fraction of sp³-hybridized carbons (Fsp3) is 1.00. The second-order valence-electron chi connectivity index (χ2n) is 3.99. The van der Waals surface area contributed by atoms with E-state index in [2.05, 4.69) is 15.9 Å². The fourth-order valence-corrected chi connectivity index (χ4v) is 3.47. The van der Waals surface area contributed by atoms with E-state index in [1.165, 1.54) is 17.5 Å². The quantitative estimate of drug-likeness (QED) is 0.556. The minimum absolute atomic E-state index is 0.355. The van der Waals surface area contributed by atoms with Crippen LogP contribution in [0.15, 0.2) is 0 Å². The van der Waals surface area contributed by atoms with Crippen LogP contribution >= 0.6 is 23.7 Å². The van der Waals surface area contributed by atoms with Gasteiger partial charge < -0.3 is 9.42 Å². The lowest BCUT2D eigenvalue weighted by Crippen LogP contribution is -2.26. The second kappa shape index (κ2) is 6.36. The van der Waals surface area contributed by atoms with Crippen molar-refractivity contribution in [1.29, 1.82) is 0 Å². The highest BCUT2D eigenvalue weighted by Gasteiger charge is 2.20. The molecule has 6 heteroatoms. The Balaban J connectivity index is 2.31. The van der Waals surface area contributed by atoms with Crippen LogP contribution in [0.5, 0.6) is 0 Å². The summed E-state index contributed by atoms with van der Waals surface area (Å²) in [4.78, 5) is 11.6. The molecule has 0 aromatic rings. The van der Waals surface area contributed by atoms with Crippen LogP contribution in [0.1, 0.15) is 25.7 Å². The summed E-state index contributed by atoms with van der Waals surface area (Å²) >= 11 is 3.20. The Hall–Kier alpha value is 0.590. The molecule has 0 amide bonds. The van der Waals surface area contributed by atoms with E-state index in [1.807, 2.05) is 0 Å². The molecule has 0 heterocycles. The van der Waals surface area contributed by atoms with Gasteiger partial charge in [-0.3, -0.25) is 4.57 Å². The van der Waals surface area contributed by atoms with Gasteiger partial charge in [0.15, 0.2) is 0 Å². The van der Waals surface area contributed by atoms with Crippen LogP contribution in [-0.4, -0.2) is 30.2 Å². The highest BCUT2D eigenvalue weighted by molar-refractivity contribution is 9.09. The first-order valence-corrected chi connectivity index (χ1v) is 7.91. The molecule has 1 rings (SSSR count). The van der Waals surface area contributed by atoms with Crippen molar-refractivity contribution in [2.45, 2.75) is 25.7 Å². The summed E-state index contributed by atoms with van der Waals surface area (Å²) in [5.41, 5.74) is 0. The summed E-state index contributed by atoms with van der Waals surface area (Å²) in [5.74, 6) is 0.435. The molecule has 0 bridgehead atoms. The molecular weight excluding hydrogens is 281 g/mol. The van der Waals surface area contributed by atoms with Gasteiger partial charge in [-0.25, -0.2) is 4.67 Å². The Morgan fingerprint density at radius 3 is 2.67 bits per heavy atom. The highest BCUT2D eigenvalue weighted by Crippen LogP contribution is 2.41. The second-order valence-corrected chi connectivity index (χ2v) is 6.66. The van der Waals surface area contributed by atoms with Crippen molar-refractivity contribution in [3.8, 4) is 0 Å². The zero-order valence-corrected chi connectivity index (χ0v) is 11.5. The molecule has 1 fully saturated rings. The van der Waals surface area contributed by atoms with E-state index in [9.17, 15) is 9.46 Å². The molecule has 0 aliphatic heterocycles. The van der Waals surface area contributed by atoms with Crippen LogP contribution < -0.4 is 4.89 Å². The molecule has 0 radical (unpaired) electrons. The minimum atomic E-state index is -3.80. The lowest BCUT2D eigenvalue weighted by molar-refractivity contribution is -0.212. The van der Waals surface area contributed by atoms with Crippen LogP contribution in [0, 0.1) is 5.92 Å². The highest BCUT2D eigenvalue weighted by atomic mass is 79.9. The molecule has 0 aromatic heterocycles. The molecule has 0 aromatic carbocycles. The minimum Gasteiger partial charge on any atom is -0.766 e.